The van der Waals surface area contributed by atoms with Gasteiger partial charge in [0.25, 0.3) is 5.91 Å². The summed E-state index contributed by atoms with van der Waals surface area (Å²) in [5.74, 6) is -0.672. The van der Waals surface area contributed by atoms with Crippen molar-refractivity contribution in [2.24, 2.45) is 10.7 Å². The minimum Gasteiger partial charge on any atom is -0.394 e. The lowest BCUT2D eigenvalue weighted by atomic mass is 10.0. The third-order valence-electron chi connectivity index (χ3n) is 5.01. The van der Waals surface area contributed by atoms with Crippen molar-refractivity contribution in [3.63, 3.8) is 0 Å². The molecule has 5 nitrogen and oxygen atoms in total. The van der Waals surface area contributed by atoms with E-state index in [1.807, 2.05) is 13.0 Å². The van der Waals surface area contributed by atoms with Crippen LogP contribution in [0.15, 0.2) is 65.3 Å². The summed E-state index contributed by atoms with van der Waals surface area (Å²) in [4.78, 5) is 19.1. The zero-order chi connectivity index (χ0) is 20.3. The van der Waals surface area contributed by atoms with Crippen molar-refractivity contribution in [3.8, 4) is 0 Å². The Morgan fingerprint density at radius 3 is 2.86 bits per heavy atom. The van der Waals surface area contributed by atoms with E-state index in [1.165, 1.54) is 6.07 Å². The van der Waals surface area contributed by atoms with Crippen LogP contribution in [0.25, 0.3) is 0 Å². The number of halogens is 2. The number of ether oxygens (including phenoxy) is 1. The van der Waals surface area contributed by atoms with Crippen molar-refractivity contribution in [3.05, 3.63) is 71.7 Å². The molecule has 2 unspecified atom stereocenters. The first-order chi connectivity index (χ1) is 13.5. The summed E-state index contributed by atoms with van der Waals surface area (Å²) >= 11 is 6.34. The molecular formula is C21H23ClFN3O2. The van der Waals surface area contributed by atoms with Crippen LogP contribution in [0.4, 0.5) is 4.39 Å². The molecule has 3 atom stereocenters. The van der Waals surface area contributed by atoms with E-state index in [0.717, 1.165) is 0 Å². The van der Waals surface area contributed by atoms with E-state index in [0.29, 0.717) is 24.2 Å². The fourth-order valence-electron chi connectivity index (χ4n) is 3.33. The highest BCUT2D eigenvalue weighted by Crippen LogP contribution is 2.28. The maximum Gasteiger partial charge on any atom is 0.271 e. The lowest BCUT2D eigenvalue weighted by Crippen LogP contribution is -2.60. The van der Waals surface area contributed by atoms with Gasteiger partial charge in [-0.1, -0.05) is 55.0 Å². The molecule has 148 valence electrons. The number of allylic oxidation sites excluding steroid dienone is 2. The fraction of sp³-hybridized carbons (Fsp3) is 0.333. The van der Waals surface area contributed by atoms with Gasteiger partial charge >= 0.3 is 0 Å². The molecule has 7 heteroatoms. The molecule has 1 saturated heterocycles. The first kappa shape index (κ1) is 20.3. The minimum absolute atomic E-state index is 0.0178. The first-order valence-corrected chi connectivity index (χ1v) is 9.54. The van der Waals surface area contributed by atoms with Crippen LogP contribution < -0.4 is 5.73 Å². The Bertz CT molecular complexity index is 865. The van der Waals surface area contributed by atoms with Crippen molar-refractivity contribution in [1.29, 1.82) is 0 Å². The maximum absolute atomic E-state index is 13.8. The highest BCUT2D eigenvalue weighted by Gasteiger charge is 2.41. The van der Waals surface area contributed by atoms with E-state index in [2.05, 4.69) is 11.6 Å². The molecular weight excluding hydrogens is 381 g/mol. The normalized spacial score (nSPS) is 25.5. The van der Waals surface area contributed by atoms with Crippen LogP contribution in [0.3, 0.4) is 0 Å². The Kier molecular flexibility index (Phi) is 6.31. The zero-order valence-corrected chi connectivity index (χ0v) is 16.4. The van der Waals surface area contributed by atoms with Gasteiger partial charge in [-0.25, -0.2) is 4.39 Å². The molecule has 2 aliphatic rings. The second kappa shape index (κ2) is 8.71. The van der Waals surface area contributed by atoms with Crippen LogP contribution in [0.1, 0.15) is 18.9 Å². The third-order valence-corrected chi connectivity index (χ3v) is 5.34. The van der Waals surface area contributed by atoms with Crippen LogP contribution in [0, 0.1) is 5.82 Å². The Hall–Kier alpha value is -2.44. The topological polar surface area (TPSA) is 67.9 Å². The highest BCUT2D eigenvalue weighted by atomic mass is 35.5. The monoisotopic (exact) mass is 403 g/mol. The summed E-state index contributed by atoms with van der Waals surface area (Å²) in [5.41, 5.74) is 6.94. The van der Waals surface area contributed by atoms with Crippen LogP contribution in [-0.2, 0) is 16.1 Å². The van der Waals surface area contributed by atoms with E-state index >= 15 is 0 Å². The van der Waals surface area contributed by atoms with E-state index in [-0.39, 0.29) is 47.3 Å². The van der Waals surface area contributed by atoms with Crippen molar-refractivity contribution >= 4 is 22.7 Å². The van der Waals surface area contributed by atoms with Gasteiger partial charge in [0.1, 0.15) is 16.7 Å². The van der Waals surface area contributed by atoms with Gasteiger partial charge in [0, 0.05) is 11.1 Å². The molecule has 0 aliphatic carbocycles. The third kappa shape index (κ3) is 3.88. The standard InChI is InChI=1S/C21H23ClFN3O2/c1-3-14-9-10-15(20(22)25-11-13-7-5-6-8-16(13)23)19(24)21(27)26(14)17-12-28-18(17)4-2/h4-10,14,17-18H,2-3,11-12,24H2,1H3/t14?,17?,18-/m1/s1. The number of benzene rings is 1. The molecule has 3 rings (SSSR count). The lowest BCUT2D eigenvalue weighted by molar-refractivity contribution is -0.153. The van der Waals surface area contributed by atoms with Crippen LogP contribution in [0.2, 0.25) is 0 Å². The van der Waals surface area contributed by atoms with Crippen molar-refractivity contribution in [2.45, 2.75) is 38.1 Å². The van der Waals surface area contributed by atoms with E-state index < -0.39 is 0 Å². The molecule has 0 saturated carbocycles. The Morgan fingerprint density at radius 1 is 1.50 bits per heavy atom. The van der Waals surface area contributed by atoms with E-state index in [1.54, 1.807) is 35.3 Å². The summed E-state index contributed by atoms with van der Waals surface area (Å²) in [5, 5.41) is 0.0761. The van der Waals surface area contributed by atoms with E-state index in [9.17, 15) is 9.18 Å². The predicted molar refractivity (Wildman–Crippen MR) is 108 cm³/mol. The minimum atomic E-state index is -0.358. The molecule has 1 amide bonds. The van der Waals surface area contributed by atoms with Crippen LogP contribution in [-0.4, -0.2) is 40.8 Å². The van der Waals surface area contributed by atoms with Gasteiger partial charge in [-0.3, -0.25) is 9.79 Å². The maximum atomic E-state index is 13.8. The second-order valence-electron chi connectivity index (χ2n) is 6.67. The number of aliphatic imine (C=N–C) groups is 1. The molecule has 2 N–H and O–H groups in total. The number of hydrogen-bond acceptors (Lipinski definition) is 4. The molecule has 1 aromatic rings. The molecule has 2 heterocycles. The van der Waals surface area contributed by atoms with Crippen LogP contribution in [0.5, 0.6) is 0 Å². The summed E-state index contributed by atoms with van der Waals surface area (Å²) in [7, 11) is 0. The Balaban J connectivity index is 1.89. The zero-order valence-electron chi connectivity index (χ0n) is 15.6. The predicted octanol–water partition coefficient (Wildman–Crippen LogP) is 3.31. The molecule has 0 bridgehead atoms. The molecule has 1 fully saturated rings. The first-order valence-electron chi connectivity index (χ1n) is 9.16. The summed E-state index contributed by atoms with van der Waals surface area (Å²) < 4.78 is 19.3. The second-order valence-corrected chi connectivity index (χ2v) is 7.03. The molecule has 0 aromatic heterocycles. The molecule has 1 aromatic carbocycles. The van der Waals surface area contributed by atoms with Gasteiger partial charge in [-0.05, 0) is 12.5 Å². The quantitative estimate of drug-likeness (QED) is 0.585. The van der Waals surface area contributed by atoms with Gasteiger partial charge in [-0.2, -0.15) is 0 Å². The SMILES string of the molecule is C=C[C@H]1OCC1N1C(=O)C(N)=C(C(Cl)=NCc2ccccc2F)C=CC1CC. The highest BCUT2D eigenvalue weighted by molar-refractivity contribution is 6.70. The number of nitrogens with zero attached hydrogens (tertiary/aromatic N) is 2. The average molecular weight is 404 g/mol. The summed E-state index contributed by atoms with van der Waals surface area (Å²) in [6.07, 6.45) is 5.80. The van der Waals surface area contributed by atoms with Gasteiger partial charge in [0.2, 0.25) is 0 Å². The van der Waals surface area contributed by atoms with Gasteiger partial charge in [-0.15, -0.1) is 6.58 Å². The lowest BCUT2D eigenvalue weighted by Gasteiger charge is -2.45. The smallest absolute Gasteiger partial charge is 0.271 e. The Labute approximate surface area is 169 Å². The number of hydrogen-bond donors (Lipinski definition) is 1. The van der Waals surface area contributed by atoms with Gasteiger partial charge in [0.15, 0.2) is 0 Å². The number of nitrogens with two attached hydrogens (primary N) is 1. The number of rotatable bonds is 6. The van der Waals surface area contributed by atoms with Gasteiger partial charge in [0.05, 0.1) is 31.3 Å². The average Bonchev–Trinajstić information content (AvgIpc) is 2.78. The number of carbonyl (C=O) groups is 1. The fourth-order valence-corrected chi connectivity index (χ4v) is 3.55. The van der Waals surface area contributed by atoms with E-state index in [4.69, 9.17) is 22.1 Å². The molecule has 28 heavy (non-hydrogen) atoms. The largest absolute Gasteiger partial charge is 0.394 e. The van der Waals surface area contributed by atoms with Crippen molar-refractivity contribution in [2.75, 3.05) is 6.61 Å². The summed E-state index contributed by atoms with van der Waals surface area (Å²) in [6, 6.07) is 6.07. The number of amides is 1. The molecule has 0 radical (unpaired) electrons. The van der Waals surface area contributed by atoms with Crippen LogP contribution >= 0.6 is 11.6 Å². The van der Waals surface area contributed by atoms with Crippen molar-refractivity contribution < 1.29 is 13.9 Å². The summed E-state index contributed by atoms with van der Waals surface area (Å²) in [6.45, 7) is 6.24. The molecule has 0 spiro atoms. The molecule has 2 aliphatic heterocycles. The number of carbonyl (C=O) groups excluding carboxylic acids is 1. The van der Waals surface area contributed by atoms with Gasteiger partial charge < -0.3 is 15.4 Å². The van der Waals surface area contributed by atoms with Crippen molar-refractivity contribution in [1.82, 2.24) is 4.90 Å². The Morgan fingerprint density at radius 2 is 2.25 bits per heavy atom.